The van der Waals surface area contributed by atoms with Gasteiger partial charge in [0.2, 0.25) is 0 Å². The van der Waals surface area contributed by atoms with Crippen molar-refractivity contribution in [2.24, 2.45) is 0 Å². The molecule has 0 heterocycles. The summed E-state index contributed by atoms with van der Waals surface area (Å²) in [6.45, 7) is 1.58. The van der Waals surface area contributed by atoms with Crippen LogP contribution in [0.3, 0.4) is 0 Å². The average Bonchev–Trinajstić information content (AvgIpc) is 3.65. The summed E-state index contributed by atoms with van der Waals surface area (Å²) in [6.07, 6.45) is 0.995. The van der Waals surface area contributed by atoms with Crippen LogP contribution in [-0.2, 0) is 9.53 Å². The number of carboxylic acid groups (broad SMARTS) is 1. The first-order valence-corrected chi connectivity index (χ1v) is 11.7. The van der Waals surface area contributed by atoms with E-state index in [1.807, 2.05) is 24.3 Å². The van der Waals surface area contributed by atoms with Crippen LogP contribution in [0.1, 0.15) is 45.8 Å². The van der Waals surface area contributed by atoms with E-state index < -0.39 is 12.1 Å². The third-order valence-corrected chi connectivity index (χ3v) is 6.70. The van der Waals surface area contributed by atoms with E-state index in [-0.39, 0.29) is 31.0 Å². The number of amides is 2. The molecule has 5 rings (SSSR count). The third kappa shape index (κ3) is 4.49. The van der Waals surface area contributed by atoms with Gasteiger partial charge in [-0.2, -0.15) is 0 Å². The Kier molecular flexibility index (Phi) is 5.99. The molecular weight excluding hydrogens is 444 g/mol. The van der Waals surface area contributed by atoms with Crippen molar-refractivity contribution in [2.75, 3.05) is 18.5 Å². The van der Waals surface area contributed by atoms with Gasteiger partial charge in [0.05, 0.1) is 0 Å². The van der Waals surface area contributed by atoms with Crippen LogP contribution >= 0.6 is 0 Å². The molecule has 0 radical (unpaired) electrons. The van der Waals surface area contributed by atoms with Crippen molar-refractivity contribution in [3.8, 4) is 11.1 Å². The van der Waals surface area contributed by atoms with Crippen LogP contribution in [0.15, 0.2) is 66.7 Å². The summed E-state index contributed by atoms with van der Waals surface area (Å²) < 4.78 is 5.62. The number of ether oxygens (including phenoxy) is 1. The third-order valence-electron chi connectivity index (χ3n) is 6.70. The summed E-state index contributed by atoms with van der Waals surface area (Å²) in [7, 11) is 0. The lowest BCUT2D eigenvalue weighted by atomic mass is 9.98. The molecule has 0 aromatic heterocycles. The highest BCUT2D eigenvalue weighted by atomic mass is 16.5. The first kappa shape index (κ1) is 22.7. The van der Waals surface area contributed by atoms with E-state index in [0.29, 0.717) is 16.8 Å². The number of hydrogen-bond donors (Lipinski definition) is 2. The number of aliphatic carboxylic acids is 1. The Morgan fingerprint density at radius 1 is 0.943 bits per heavy atom. The maximum absolute atomic E-state index is 13.1. The lowest BCUT2D eigenvalue weighted by molar-refractivity contribution is -0.137. The SMILES string of the molecule is Cc1c(NC(=O)OCC2c3ccccc3-c3ccccc32)cccc1C(=O)N(CC(=O)O)C1CC1. The summed E-state index contributed by atoms with van der Waals surface area (Å²) in [6, 6.07) is 21.2. The highest BCUT2D eigenvalue weighted by Crippen LogP contribution is 2.44. The standard InChI is InChI=1S/C28H26N2O5/c1-17-19(27(33)30(15-26(31)32)18-13-14-18)11-6-12-25(17)29-28(34)35-16-24-22-9-4-2-7-20(22)21-8-3-5-10-23(21)24/h2-12,18,24H,13-16H2,1H3,(H,29,34)(H,31,32). The Labute approximate surface area is 203 Å². The second-order valence-electron chi connectivity index (χ2n) is 8.99. The number of carbonyl (C=O) groups excluding carboxylic acids is 2. The Hall–Kier alpha value is -4.13. The minimum absolute atomic E-state index is 0.0447. The predicted octanol–water partition coefficient (Wildman–Crippen LogP) is 5.05. The van der Waals surface area contributed by atoms with Gasteiger partial charge >= 0.3 is 12.1 Å². The van der Waals surface area contributed by atoms with E-state index in [1.54, 1.807) is 25.1 Å². The summed E-state index contributed by atoms with van der Waals surface area (Å²) >= 11 is 0. The smallest absolute Gasteiger partial charge is 0.411 e. The van der Waals surface area contributed by atoms with Crippen molar-refractivity contribution in [3.05, 3.63) is 89.0 Å². The molecule has 2 aliphatic rings. The first-order valence-electron chi connectivity index (χ1n) is 11.7. The van der Waals surface area contributed by atoms with E-state index in [4.69, 9.17) is 4.74 Å². The fourth-order valence-electron chi connectivity index (χ4n) is 4.80. The van der Waals surface area contributed by atoms with Gasteiger partial charge in [-0.3, -0.25) is 14.9 Å². The van der Waals surface area contributed by atoms with Gasteiger partial charge in [0.15, 0.2) is 0 Å². The van der Waals surface area contributed by atoms with E-state index in [0.717, 1.165) is 35.1 Å². The monoisotopic (exact) mass is 470 g/mol. The van der Waals surface area contributed by atoms with Gasteiger partial charge in [-0.25, -0.2) is 4.79 Å². The maximum atomic E-state index is 13.1. The molecule has 3 aromatic rings. The van der Waals surface area contributed by atoms with E-state index in [9.17, 15) is 19.5 Å². The van der Waals surface area contributed by atoms with Crippen LogP contribution in [0, 0.1) is 6.92 Å². The number of benzene rings is 3. The molecule has 7 nitrogen and oxygen atoms in total. The van der Waals surface area contributed by atoms with E-state index in [2.05, 4.69) is 29.6 Å². The molecule has 7 heteroatoms. The predicted molar refractivity (Wildman–Crippen MR) is 132 cm³/mol. The topological polar surface area (TPSA) is 95.9 Å². The van der Waals surface area contributed by atoms with Crippen LogP contribution in [0.25, 0.3) is 11.1 Å². The van der Waals surface area contributed by atoms with Crippen molar-refractivity contribution < 1.29 is 24.2 Å². The van der Waals surface area contributed by atoms with Gasteiger partial charge in [0.1, 0.15) is 13.2 Å². The quantitative estimate of drug-likeness (QED) is 0.504. The molecule has 0 saturated heterocycles. The molecule has 35 heavy (non-hydrogen) atoms. The zero-order valence-electron chi connectivity index (χ0n) is 19.4. The molecule has 0 unspecified atom stereocenters. The van der Waals surface area contributed by atoms with Crippen LogP contribution in [0.5, 0.6) is 0 Å². The number of carboxylic acids is 1. The lowest BCUT2D eigenvalue weighted by Gasteiger charge is -2.22. The fraction of sp³-hybridized carbons (Fsp3) is 0.250. The van der Waals surface area contributed by atoms with Crippen molar-refractivity contribution >= 4 is 23.7 Å². The molecule has 2 amide bonds. The summed E-state index contributed by atoms with van der Waals surface area (Å²) in [4.78, 5) is 38.4. The van der Waals surface area contributed by atoms with E-state index in [1.165, 1.54) is 4.90 Å². The molecule has 0 spiro atoms. The summed E-state index contributed by atoms with van der Waals surface area (Å²) in [5.74, 6) is -1.44. The van der Waals surface area contributed by atoms with Gasteiger partial charge in [-0.05, 0) is 59.7 Å². The normalized spacial score (nSPS) is 14.1. The summed E-state index contributed by atoms with van der Waals surface area (Å²) in [5.41, 5.74) is 5.96. The Morgan fingerprint density at radius 2 is 1.57 bits per heavy atom. The maximum Gasteiger partial charge on any atom is 0.411 e. The molecule has 3 aromatic carbocycles. The van der Waals surface area contributed by atoms with Crippen molar-refractivity contribution in [3.63, 3.8) is 0 Å². The molecule has 1 fully saturated rings. The van der Waals surface area contributed by atoms with Gasteiger partial charge in [0, 0.05) is 23.2 Å². The number of hydrogen-bond acceptors (Lipinski definition) is 4. The van der Waals surface area contributed by atoms with Gasteiger partial charge in [-0.15, -0.1) is 0 Å². The van der Waals surface area contributed by atoms with Crippen LogP contribution in [0.4, 0.5) is 10.5 Å². The van der Waals surface area contributed by atoms with Crippen LogP contribution < -0.4 is 5.32 Å². The number of anilines is 1. The van der Waals surface area contributed by atoms with Gasteiger partial charge in [-0.1, -0.05) is 54.6 Å². The molecule has 2 N–H and O–H groups in total. The highest BCUT2D eigenvalue weighted by Gasteiger charge is 2.35. The minimum atomic E-state index is -1.05. The Morgan fingerprint density at radius 3 is 2.17 bits per heavy atom. The zero-order valence-corrected chi connectivity index (χ0v) is 19.4. The summed E-state index contributed by atoms with van der Waals surface area (Å²) in [5, 5.41) is 12.0. The number of carbonyl (C=O) groups is 3. The minimum Gasteiger partial charge on any atom is -0.480 e. The van der Waals surface area contributed by atoms with Gasteiger partial charge in [0.25, 0.3) is 5.91 Å². The lowest BCUT2D eigenvalue weighted by Crippen LogP contribution is -2.37. The number of nitrogens with zero attached hydrogens (tertiary/aromatic N) is 1. The fourth-order valence-corrected chi connectivity index (χ4v) is 4.80. The van der Waals surface area contributed by atoms with E-state index >= 15 is 0 Å². The van der Waals surface area contributed by atoms with Crippen LogP contribution in [-0.4, -0.2) is 47.2 Å². The molecule has 0 atom stereocenters. The molecule has 2 aliphatic carbocycles. The second kappa shape index (κ2) is 9.25. The molecule has 178 valence electrons. The first-order chi connectivity index (χ1) is 16.9. The molecule has 0 bridgehead atoms. The number of fused-ring (bicyclic) bond motifs is 3. The molecule has 0 aliphatic heterocycles. The molecule has 1 saturated carbocycles. The average molecular weight is 471 g/mol. The van der Waals surface area contributed by atoms with Crippen LogP contribution in [0.2, 0.25) is 0 Å². The van der Waals surface area contributed by atoms with Crippen molar-refractivity contribution in [2.45, 2.75) is 31.7 Å². The Bertz CT molecular complexity index is 1270. The van der Waals surface area contributed by atoms with Gasteiger partial charge < -0.3 is 14.7 Å². The van der Waals surface area contributed by atoms with Crippen molar-refractivity contribution in [1.82, 2.24) is 4.90 Å². The number of rotatable bonds is 7. The van der Waals surface area contributed by atoms with Crippen molar-refractivity contribution in [1.29, 1.82) is 0 Å². The zero-order chi connectivity index (χ0) is 24.5. The largest absolute Gasteiger partial charge is 0.480 e. The Balaban J connectivity index is 1.29. The number of nitrogens with one attached hydrogen (secondary N) is 1. The highest BCUT2D eigenvalue weighted by molar-refractivity contribution is 6.00. The molecular formula is C28H26N2O5. The second-order valence-corrected chi connectivity index (χ2v) is 8.99.